The average Bonchev–Trinajstić information content (AvgIpc) is 2.67. The second-order valence-electron chi connectivity index (χ2n) is 8.09. The highest BCUT2D eigenvalue weighted by molar-refractivity contribution is 5.92. The van der Waals surface area contributed by atoms with Crippen LogP contribution in [-0.2, 0) is 15.1 Å². The van der Waals surface area contributed by atoms with Gasteiger partial charge < -0.3 is 15.2 Å². The molecule has 6 heteroatoms. The third kappa shape index (κ3) is 3.63. The van der Waals surface area contributed by atoms with Crippen LogP contribution in [0.3, 0.4) is 0 Å². The molecule has 1 amide bonds. The minimum absolute atomic E-state index is 0. The quantitative estimate of drug-likeness (QED) is 0.852. The summed E-state index contributed by atoms with van der Waals surface area (Å²) in [7, 11) is 1.83. The molecule has 0 spiro atoms. The van der Waals surface area contributed by atoms with Crippen molar-refractivity contribution < 1.29 is 14.3 Å². The number of piperidine rings is 1. The number of carbonyl (C=O) groups is 1. The number of halogens is 1. The van der Waals surface area contributed by atoms with E-state index >= 15 is 0 Å². The van der Waals surface area contributed by atoms with Gasteiger partial charge in [0.05, 0.1) is 6.61 Å². The Bertz CT molecular complexity index is 649. The number of rotatable bonds is 4. The van der Waals surface area contributed by atoms with E-state index in [2.05, 4.69) is 11.0 Å². The first-order chi connectivity index (χ1) is 12.6. The van der Waals surface area contributed by atoms with E-state index in [4.69, 9.17) is 15.2 Å². The average molecular weight is 395 g/mol. The number of fused-ring (bicyclic) bond motifs is 2. The Morgan fingerprint density at radius 3 is 2.56 bits per heavy atom. The maximum Gasteiger partial charge on any atom is 0.248 e. The lowest BCUT2D eigenvalue weighted by Gasteiger charge is -2.57. The number of benzene rings is 1. The highest BCUT2D eigenvalue weighted by Crippen LogP contribution is 2.52. The molecule has 150 valence electrons. The number of methoxy groups -OCH3 is 1. The Balaban J connectivity index is 0.00000210. The summed E-state index contributed by atoms with van der Waals surface area (Å²) in [5.41, 5.74) is 6.91. The van der Waals surface area contributed by atoms with Crippen molar-refractivity contribution in [2.24, 2.45) is 17.6 Å². The van der Waals surface area contributed by atoms with Gasteiger partial charge in [-0.2, -0.15) is 0 Å². The summed E-state index contributed by atoms with van der Waals surface area (Å²) in [6.45, 7) is 3.84. The van der Waals surface area contributed by atoms with Crippen molar-refractivity contribution in [3.05, 3.63) is 35.4 Å². The highest BCUT2D eigenvalue weighted by atomic mass is 35.5. The number of ether oxygens (including phenoxy) is 2. The summed E-state index contributed by atoms with van der Waals surface area (Å²) < 4.78 is 12.0. The molecule has 1 aromatic rings. The van der Waals surface area contributed by atoms with Gasteiger partial charge in [-0.05, 0) is 43.4 Å². The molecular weight excluding hydrogens is 364 g/mol. The van der Waals surface area contributed by atoms with Crippen molar-refractivity contribution in [3.8, 4) is 0 Å². The van der Waals surface area contributed by atoms with Crippen molar-refractivity contribution in [3.63, 3.8) is 0 Å². The van der Waals surface area contributed by atoms with Crippen molar-refractivity contribution in [1.29, 1.82) is 0 Å². The summed E-state index contributed by atoms with van der Waals surface area (Å²) in [6.07, 6.45) is 5.97. The van der Waals surface area contributed by atoms with E-state index in [1.54, 1.807) is 6.07 Å². The summed E-state index contributed by atoms with van der Waals surface area (Å²) in [5, 5.41) is 0. The zero-order chi connectivity index (χ0) is 18.1. The predicted octanol–water partition coefficient (Wildman–Crippen LogP) is 2.96. The molecule has 2 N–H and O–H groups in total. The highest BCUT2D eigenvalue weighted by Gasteiger charge is 2.54. The van der Waals surface area contributed by atoms with Gasteiger partial charge in [0.25, 0.3) is 0 Å². The number of nitrogens with zero attached hydrogens (tertiary/aromatic N) is 1. The third-order valence-electron chi connectivity index (χ3n) is 6.82. The second-order valence-corrected chi connectivity index (χ2v) is 8.09. The molecule has 3 aliphatic rings. The molecule has 4 rings (SSSR count). The minimum Gasteiger partial charge on any atom is -0.380 e. The molecule has 1 aromatic carbocycles. The van der Waals surface area contributed by atoms with Gasteiger partial charge in [-0.15, -0.1) is 12.4 Å². The molecule has 2 bridgehead atoms. The number of likely N-dealkylation sites (tertiary alicyclic amines) is 1. The zero-order valence-corrected chi connectivity index (χ0v) is 16.9. The summed E-state index contributed by atoms with van der Waals surface area (Å²) in [4.78, 5) is 14.3. The van der Waals surface area contributed by atoms with Crippen molar-refractivity contribution in [1.82, 2.24) is 4.90 Å². The van der Waals surface area contributed by atoms with E-state index in [0.717, 1.165) is 51.1 Å². The molecular formula is C21H31ClN2O3. The van der Waals surface area contributed by atoms with Gasteiger partial charge in [0.2, 0.25) is 5.91 Å². The van der Waals surface area contributed by atoms with Crippen LogP contribution in [-0.4, -0.2) is 50.3 Å². The van der Waals surface area contributed by atoms with Crippen LogP contribution in [0, 0.1) is 11.8 Å². The van der Waals surface area contributed by atoms with E-state index in [-0.39, 0.29) is 23.9 Å². The van der Waals surface area contributed by atoms with Crippen LogP contribution in [0.4, 0.5) is 0 Å². The molecule has 1 aliphatic carbocycles. The lowest BCUT2D eigenvalue weighted by Crippen LogP contribution is -2.61. The zero-order valence-electron chi connectivity index (χ0n) is 16.1. The van der Waals surface area contributed by atoms with Crippen LogP contribution in [0.2, 0.25) is 0 Å². The minimum atomic E-state index is -0.375. The second kappa shape index (κ2) is 8.48. The van der Waals surface area contributed by atoms with Gasteiger partial charge in [0, 0.05) is 50.2 Å². The maximum atomic E-state index is 11.7. The van der Waals surface area contributed by atoms with Crippen LogP contribution >= 0.6 is 12.4 Å². The smallest absolute Gasteiger partial charge is 0.248 e. The van der Waals surface area contributed by atoms with Gasteiger partial charge in [-0.25, -0.2) is 0 Å². The molecule has 1 unspecified atom stereocenters. The largest absolute Gasteiger partial charge is 0.380 e. The van der Waals surface area contributed by atoms with E-state index in [0.29, 0.717) is 23.4 Å². The number of primary amides is 1. The van der Waals surface area contributed by atoms with Gasteiger partial charge in [0.1, 0.15) is 5.60 Å². The summed E-state index contributed by atoms with van der Waals surface area (Å²) in [5.74, 6) is 0.496. The van der Waals surface area contributed by atoms with Gasteiger partial charge >= 0.3 is 0 Å². The Kier molecular flexibility index (Phi) is 6.46. The fourth-order valence-corrected chi connectivity index (χ4v) is 5.62. The van der Waals surface area contributed by atoms with E-state index in [1.807, 2.05) is 19.2 Å². The molecule has 2 aliphatic heterocycles. The van der Waals surface area contributed by atoms with Gasteiger partial charge in [-0.1, -0.05) is 18.6 Å². The maximum absolute atomic E-state index is 11.7. The van der Waals surface area contributed by atoms with Gasteiger partial charge in [-0.3, -0.25) is 9.69 Å². The van der Waals surface area contributed by atoms with Crippen LogP contribution in [0.1, 0.15) is 48.0 Å². The number of amides is 1. The lowest BCUT2D eigenvalue weighted by molar-refractivity contribution is -0.179. The number of nitrogens with two attached hydrogens (primary N) is 1. The van der Waals surface area contributed by atoms with Crippen molar-refractivity contribution in [2.75, 3.05) is 33.4 Å². The fraction of sp³-hybridized carbons (Fsp3) is 0.667. The Morgan fingerprint density at radius 2 is 1.96 bits per heavy atom. The molecule has 5 nitrogen and oxygen atoms in total. The first-order valence-corrected chi connectivity index (χ1v) is 9.92. The van der Waals surface area contributed by atoms with Crippen LogP contribution < -0.4 is 5.73 Å². The van der Waals surface area contributed by atoms with E-state index in [9.17, 15) is 4.79 Å². The molecule has 2 saturated heterocycles. The van der Waals surface area contributed by atoms with E-state index in [1.165, 1.54) is 12.8 Å². The first kappa shape index (κ1) is 20.6. The number of hydrogen-bond donors (Lipinski definition) is 1. The SMILES string of the molecule is COC1(c2cccc(C(N)=O)c2)[C@@H]2CCC[C@H]1CN([C@@H]1CCCOC1)C2.Cl. The molecule has 3 fully saturated rings. The van der Waals surface area contributed by atoms with Gasteiger partial charge in [0.15, 0.2) is 0 Å². The Labute approximate surface area is 168 Å². The third-order valence-corrected chi connectivity index (χ3v) is 6.82. The van der Waals surface area contributed by atoms with Crippen LogP contribution in [0.25, 0.3) is 0 Å². The molecule has 27 heavy (non-hydrogen) atoms. The fourth-order valence-electron chi connectivity index (χ4n) is 5.62. The number of hydrogen-bond acceptors (Lipinski definition) is 4. The Morgan fingerprint density at radius 1 is 1.22 bits per heavy atom. The molecule has 4 atom stereocenters. The van der Waals surface area contributed by atoms with Crippen molar-refractivity contribution in [2.45, 2.75) is 43.7 Å². The monoisotopic (exact) mass is 394 g/mol. The molecule has 0 radical (unpaired) electrons. The first-order valence-electron chi connectivity index (χ1n) is 9.92. The molecule has 1 saturated carbocycles. The summed E-state index contributed by atoms with van der Waals surface area (Å²) in [6, 6.07) is 8.34. The number of carbonyl (C=O) groups excluding carboxylic acids is 1. The lowest BCUT2D eigenvalue weighted by atomic mass is 9.62. The summed E-state index contributed by atoms with van der Waals surface area (Å²) >= 11 is 0. The predicted molar refractivity (Wildman–Crippen MR) is 107 cm³/mol. The standard InChI is InChI=1S/C21H30N2O3.ClH/c1-25-21(16-6-2-5-15(11-16)20(22)24)17-7-3-8-18(21)13-23(12-17)19-9-4-10-26-14-19;/h2,5-6,11,17-19H,3-4,7-10,12-14H2,1H3,(H2,22,24);1H/t17-,18+,19-,21?;/m1./s1. The van der Waals surface area contributed by atoms with Crippen LogP contribution in [0.15, 0.2) is 24.3 Å². The molecule has 2 heterocycles. The van der Waals surface area contributed by atoms with Crippen LogP contribution in [0.5, 0.6) is 0 Å². The Hall–Kier alpha value is -1.14. The van der Waals surface area contributed by atoms with E-state index < -0.39 is 0 Å². The molecule has 0 aromatic heterocycles. The van der Waals surface area contributed by atoms with Crippen molar-refractivity contribution >= 4 is 18.3 Å². The topological polar surface area (TPSA) is 64.8 Å². The normalized spacial score (nSPS) is 33.9.